The van der Waals surface area contributed by atoms with Gasteiger partial charge in [0, 0.05) is 28.7 Å². The first kappa shape index (κ1) is 20.9. The van der Waals surface area contributed by atoms with Gasteiger partial charge in [-0.3, -0.25) is 4.90 Å². The van der Waals surface area contributed by atoms with Gasteiger partial charge in [-0.2, -0.15) is 0 Å². The maximum absolute atomic E-state index is 5.76. The molecule has 2 aromatic rings. The Morgan fingerprint density at radius 2 is 1.67 bits per heavy atom. The second-order valence-corrected chi connectivity index (χ2v) is 6.86. The van der Waals surface area contributed by atoms with Gasteiger partial charge in [0.15, 0.2) is 0 Å². The van der Waals surface area contributed by atoms with Gasteiger partial charge in [-0.1, -0.05) is 51.4 Å². The molecule has 0 fully saturated rings. The highest BCUT2D eigenvalue weighted by molar-refractivity contribution is 9.10. The summed E-state index contributed by atoms with van der Waals surface area (Å²) in [6.45, 7) is 6.01. The Hall–Kier alpha value is -2.37. The highest BCUT2D eigenvalue weighted by Crippen LogP contribution is 2.18. The molecular formula is C22H25BrN2O2. The van der Waals surface area contributed by atoms with Crippen LogP contribution in [-0.2, 0) is 4.84 Å². The third-order valence-electron chi connectivity index (χ3n) is 3.80. The summed E-state index contributed by atoms with van der Waals surface area (Å²) in [6, 6.07) is 15.8. The summed E-state index contributed by atoms with van der Waals surface area (Å²) >= 11 is 3.45. The van der Waals surface area contributed by atoms with Crippen molar-refractivity contribution in [2.75, 3.05) is 33.9 Å². The molecule has 2 rings (SSSR count). The normalized spacial score (nSPS) is 11.8. The summed E-state index contributed by atoms with van der Waals surface area (Å²) in [7, 11) is 3.60. The third kappa shape index (κ3) is 7.04. The van der Waals surface area contributed by atoms with Crippen molar-refractivity contribution in [3.05, 3.63) is 88.9 Å². The first-order valence-electron chi connectivity index (χ1n) is 8.68. The van der Waals surface area contributed by atoms with E-state index in [0.29, 0.717) is 6.61 Å². The Kier molecular flexibility index (Phi) is 8.81. The number of halogens is 1. The minimum Gasteiger partial charge on any atom is -0.490 e. The zero-order valence-corrected chi connectivity index (χ0v) is 17.4. The van der Waals surface area contributed by atoms with Crippen LogP contribution >= 0.6 is 15.9 Å². The smallest absolute Gasteiger partial charge is 0.119 e. The molecule has 142 valence electrons. The lowest BCUT2D eigenvalue weighted by atomic mass is 10.0. The Morgan fingerprint density at radius 3 is 2.26 bits per heavy atom. The fraction of sp³-hybridized carbons (Fsp3) is 0.227. The zero-order chi connectivity index (χ0) is 19.5. The van der Waals surface area contributed by atoms with Crippen molar-refractivity contribution in [3.63, 3.8) is 0 Å². The molecule has 0 unspecified atom stereocenters. The van der Waals surface area contributed by atoms with Crippen LogP contribution in [0.4, 0.5) is 0 Å². The molecule has 0 aliphatic heterocycles. The third-order valence-corrected chi connectivity index (χ3v) is 4.33. The summed E-state index contributed by atoms with van der Waals surface area (Å²) in [4.78, 5) is 7.19. The van der Waals surface area contributed by atoms with Crippen molar-refractivity contribution in [2.24, 2.45) is 5.16 Å². The van der Waals surface area contributed by atoms with Crippen LogP contribution in [0.15, 0.2) is 83.0 Å². The molecule has 0 aliphatic carbocycles. The monoisotopic (exact) mass is 428 g/mol. The largest absolute Gasteiger partial charge is 0.490 e. The number of oxime groups is 1. The number of benzene rings is 2. The van der Waals surface area contributed by atoms with E-state index < -0.39 is 0 Å². The van der Waals surface area contributed by atoms with Gasteiger partial charge in [-0.25, -0.2) is 0 Å². The summed E-state index contributed by atoms with van der Waals surface area (Å²) in [5, 5.41) is 4.18. The number of nitrogens with zero attached hydrogens (tertiary/aromatic N) is 2. The summed E-state index contributed by atoms with van der Waals surface area (Å²) in [5.41, 5.74) is 2.73. The van der Waals surface area contributed by atoms with Gasteiger partial charge in [0.1, 0.15) is 25.2 Å². The van der Waals surface area contributed by atoms with E-state index in [9.17, 15) is 0 Å². The van der Waals surface area contributed by atoms with Crippen LogP contribution in [0.2, 0.25) is 0 Å². The van der Waals surface area contributed by atoms with E-state index >= 15 is 0 Å². The van der Waals surface area contributed by atoms with E-state index in [4.69, 9.17) is 9.57 Å². The minimum atomic E-state index is 0.535. The Labute approximate surface area is 169 Å². The topological polar surface area (TPSA) is 34.1 Å². The Morgan fingerprint density at radius 1 is 1.04 bits per heavy atom. The molecule has 0 amide bonds. The van der Waals surface area contributed by atoms with Gasteiger partial charge in [0.2, 0.25) is 0 Å². The predicted octanol–water partition coefficient (Wildman–Crippen LogP) is 4.90. The number of hydrogen-bond donors (Lipinski definition) is 0. The fourth-order valence-electron chi connectivity index (χ4n) is 2.44. The summed E-state index contributed by atoms with van der Waals surface area (Å²) < 4.78 is 6.78. The highest BCUT2D eigenvalue weighted by atomic mass is 79.9. The molecule has 0 aromatic heterocycles. The van der Waals surface area contributed by atoms with Crippen molar-refractivity contribution in [1.82, 2.24) is 4.90 Å². The van der Waals surface area contributed by atoms with Crippen LogP contribution in [-0.4, -0.2) is 44.5 Å². The van der Waals surface area contributed by atoms with Gasteiger partial charge in [-0.05, 0) is 43.4 Å². The number of rotatable bonds is 10. The Balaban J connectivity index is 1.96. The second kappa shape index (κ2) is 11.4. The molecule has 0 bridgehead atoms. The van der Waals surface area contributed by atoms with Gasteiger partial charge >= 0.3 is 0 Å². The van der Waals surface area contributed by atoms with Crippen LogP contribution < -0.4 is 4.74 Å². The maximum atomic E-state index is 5.76. The van der Waals surface area contributed by atoms with Crippen molar-refractivity contribution >= 4 is 21.6 Å². The van der Waals surface area contributed by atoms with Crippen molar-refractivity contribution in [1.29, 1.82) is 0 Å². The van der Waals surface area contributed by atoms with E-state index in [1.807, 2.05) is 60.7 Å². The predicted molar refractivity (Wildman–Crippen MR) is 116 cm³/mol. The first-order valence-corrected chi connectivity index (χ1v) is 9.48. The van der Waals surface area contributed by atoms with Crippen molar-refractivity contribution in [3.8, 4) is 5.75 Å². The quantitative estimate of drug-likeness (QED) is 0.306. The standard InChI is InChI=1S/C22H25BrN2O2/c1-4-15-25(2)16-5-6-17-27-21-13-9-19(10-14-21)22(24-26-3)18-7-11-20(23)12-8-18/h4-14H,1,15-17H2,2-3H3/b6-5+,24-22+. The molecule has 0 atom stereocenters. The molecule has 0 aliphatic rings. The number of hydrogen-bond acceptors (Lipinski definition) is 4. The molecule has 27 heavy (non-hydrogen) atoms. The van der Waals surface area contributed by atoms with Crippen LogP contribution in [0.1, 0.15) is 11.1 Å². The van der Waals surface area contributed by atoms with E-state index in [1.54, 1.807) is 7.11 Å². The second-order valence-electron chi connectivity index (χ2n) is 5.95. The molecule has 0 saturated carbocycles. The molecule has 4 nitrogen and oxygen atoms in total. The molecule has 0 heterocycles. The molecule has 0 saturated heterocycles. The lowest BCUT2D eigenvalue weighted by Gasteiger charge is -2.10. The number of ether oxygens (including phenoxy) is 1. The van der Waals surface area contributed by atoms with Crippen molar-refractivity contribution in [2.45, 2.75) is 0 Å². The average Bonchev–Trinajstić information content (AvgIpc) is 2.67. The van der Waals surface area contributed by atoms with Crippen LogP contribution in [0, 0.1) is 0 Å². The lowest BCUT2D eigenvalue weighted by molar-refractivity contribution is 0.214. The molecule has 5 heteroatoms. The van der Waals surface area contributed by atoms with Crippen LogP contribution in [0.5, 0.6) is 5.75 Å². The Bertz CT molecular complexity index is 768. The van der Waals surface area contributed by atoms with E-state index in [0.717, 1.165) is 40.2 Å². The van der Waals surface area contributed by atoms with Crippen molar-refractivity contribution < 1.29 is 9.57 Å². The minimum absolute atomic E-state index is 0.535. The molecular weight excluding hydrogens is 404 g/mol. The fourth-order valence-corrected chi connectivity index (χ4v) is 2.71. The maximum Gasteiger partial charge on any atom is 0.119 e. The van der Waals surface area contributed by atoms with Gasteiger partial charge in [-0.15, -0.1) is 6.58 Å². The van der Waals surface area contributed by atoms with E-state index in [1.165, 1.54) is 0 Å². The van der Waals surface area contributed by atoms with E-state index in [-0.39, 0.29) is 0 Å². The summed E-state index contributed by atoms with van der Waals surface area (Å²) in [5.74, 6) is 0.815. The highest BCUT2D eigenvalue weighted by Gasteiger charge is 2.08. The molecule has 0 N–H and O–H groups in total. The number of likely N-dealkylation sites (N-methyl/N-ethyl adjacent to an activating group) is 1. The molecule has 0 spiro atoms. The van der Waals surface area contributed by atoms with E-state index in [2.05, 4.69) is 45.7 Å². The molecule has 0 radical (unpaired) electrons. The van der Waals surface area contributed by atoms with Gasteiger partial charge < -0.3 is 9.57 Å². The summed E-state index contributed by atoms with van der Waals surface area (Å²) in [6.07, 6.45) is 6.00. The average molecular weight is 429 g/mol. The van der Waals surface area contributed by atoms with Gasteiger partial charge in [0.05, 0.1) is 0 Å². The van der Waals surface area contributed by atoms with Gasteiger partial charge in [0.25, 0.3) is 0 Å². The first-order chi connectivity index (χ1) is 13.1. The zero-order valence-electron chi connectivity index (χ0n) is 15.8. The lowest BCUT2D eigenvalue weighted by Crippen LogP contribution is -2.17. The SMILES string of the molecule is C=CCN(C)C/C=C/COc1ccc(/C(=N/OC)c2ccc(Br)cc2)cc1. The van der Waals surface area contributed by atoms with Crippen LogP contribution in [0.3, 0.4) is 0 Å². The van der Waals surface area contributed by atoms with Crippen LogP contribution in [0.25, 0.3) is 0 Å². The molecule has 2 aromatic carbocycles.